The number of carbonyl (C=O) groups excluding carboxylic acids is 2. The molecule has 2 N–H and O–H groups in total. The Kier molecular flexibility index (Phi) is 8.39. The summed E-state index contributed by atoms with van der Waals surface area (Å²) in [6.07, 6.45) is 9.75. The molecule has 7 atom stereocenters. The summed E-state index contributed by atoms with van der Waals surface area (Å²) in [7, 11) is -2.99. The average molecular weight is 639 g/mol. The van der Waals surface area contributed by atoms with Crippen LogP contribution in [0.5, 0.6) is 5.75 Å². The average Bonchev–Trinajstić information content (AvgIpc) is 3.11. The molecule has 1 fully saturated rings. The van der Waals surface area contributed by atoms with Crippen LogP contribution < -0.4 is 14.4 Å². The van der Waals surface area contributed by atoms with Crippen molar-refractivity contribution in [2.45, 2.75) is 75.1 Å². The van der Waals surface area contributed by atoms with Crippen molar-refractivity contribution in [2.75, 3.05) is 24.6 Å². The highest BCUT2D eigenvalue weighted by Crippen LogP contribution is 2.48. The van der Waals surface area contributed by atoms with Gasteiger partial charge >= 0.3 is 0 Å². The number of anilines is 1. The van der Waals surface area contributed by atoms with Gasteiger partial charge < -0.3 is 19.5 Å². The summed E-state index contributed by atoms with van der Waals surface area (Å²) < 4.78 is 23.0. The molecule has 0 saturated heterocycles. The van der Waals surface area contributed by atoms with Crippen molar-refractivity contribution < 1.29 is 23.6 Å². The van der Waals surface area contributed by atoms with Crippen molar-refractivity contribution >= 4 is 45.1 Å². The second-order valence-corrected chi connectivity index (χ2v) is 16.4. The Balaban J connectivity index is 1.45. The molecule has 2 aliphatic carbocycles. The minimum atomic E-state index is -2.99. The third-order valence-electron chi connectivity index (χ3n) is 10.8. The number of hydrogen-bond acceptors (Lipinski definition) is 6. The molecule has 0 aromatic heterocycles. The first kappa shape index (κ1) is 31.2. The smallest absolute Gasteiger partial charge is 0.262 e. The molecule has 1 saturated carbocycles. The molecular weight excluding hydrogens is 596 g/mol. The Morgan fingerprint density at radius 3 is 2.80 bits per heavy atom. The van der Waals surface area contributed by atoms with E-state index in [1.807, 2.05) is 38.1 Å². The molecule has 2 heterocycles. The third kappa shape index (κ3) is 5.69. The largest absolute Gasteiger partial charge is 0.490 e. The zero-order valence-corrected chi connectivity index (χ0v) is 27.2. The van der Waals surface area contributed by atoms with Crippen LogP contribution in [-0.4, -0.2) is 57.9 Å². The lowest BCUT2D eigenvalue weighted by Gasteiger charge is -2.49. The maximum absolute atomic E-state index is 13.7. The fourth-order valence-electron chi connectivity index (χ4n) is 7.82. The summed E-state index contributed by atoms with van der Waals surface area (Å²) in [5, 5.41) is 12.2. The predicted molar refractivity (Wildman–Crippen MR) is 177 cm³/mol. The molecule has 2 aromatic carbocycles. The maximum Gasteiger partial charge on any atom is 0.262 e. The first-order valence-electron chi connectivity index (χ1n) is 15.8. The Bertz CT molecular complexity index is 1590. The van der Waals surface area contributed by atoms with Crippen LogP contribution in [0.3, 0.4) is 0 Å². The van der Waals surface area contributed by atoms with E-state index >= 15 is 0 Å². The minimum absolute atomic E-state index is 0.0264. The van der Waals surface area contributed by atoms with Gasteiger partial charge in [0.1, 0.15) is 12.0 Å². The number of aldehydes is 1. The molecule has 1 amide bonds. The van der Waals surface area contributed by atoms with E-state index in [1.165, 1.54) is 11.1 Å². The molecule has 1 unspecified atom stereocenters. The van der Waals surface area contributed by atoms with Crippen molar-refractivity contribution in [1.82, 2.24) is 4.72 Å². The van der Waals surface area contributed by atoms with Gasteiger partial charge in [-0.05, 0) is 111 Å². The van der Waals surface area contributed by atoms with E-state index in [0.717, 1.165) is 49.1 Å². The molecule has 9 heteroatoms. The third-order valence-corrected chi connectivity index (χ3v) is 13.2. The SMILES string of the molecule is C=S1(=O)NC(=O)c2ccc3c(c2)N(C[C@@H]2CC[C@H]2[C@@](O)(CC=O)/C=C/C[C@H](C)[C@H]1C)C[C@@]1(CCCc2cc(Cl)ccc21)CO3. The number of halogens is 1. The molecule has 44 heavy (non-hydrogen) atoms. The van der Waals surface area contributed by atoms with Crippen LogP contribution in [0.15, 0.2) is 48.6 Å². The maximum atomic E-state index is 13.7. The number of aryl methyl sites for hydroxylation is 1. The van der Waals surface area contributed by atoms with Crippen LogP contribution in [0.25, 0.3) is 0 Å². The first-order chi connectivity index (χ1) is 20.9. The number of rotatable bonds is 2. The van der Waals surface area contributed by atoms with Gasteiger partial charge in [-0.3, -0.25) is 9.52 Å². The highest BCUT2D eigenvalue weighted by atomic mass is 35.5. The summed E-state index contributed by atoms with van der Waals surface area (Å²) in [5.41, 5.74) is 2.15. The van der Waals surface area contributed by atoms with Crippen molar-refractivity contribution in [3.8, 4) is 5.75 Å². The standard InChI is InChI=1S/C35H43ClN2O5S/c1-23-6-4-15-35(41,16-17-39)30-11-8-27(30)20-38-21-34(14-5-7-25-18-28(36)10-12-29(25)34)22-43-32-13-9-26(19-31(32)38)33(40)37-44(3,42)24(23)2/h4,9-10,12-13,15,17-19,23-24,27,30,41H,3,5-8,11,14,16,20-22H2,1-2H3,(H,37,40,42)/b15-4+/t23-,24+,27-,30+,34-,35-,44?/m0/s1. The molecule has 4 aliphatic rings. The van der Waals surface area contributed by atoms with E-state index in [0.29, 0.717) is 37.4 Å². The number of fused-ring (bicyclic) bond motifs is 4. The minimum Gasteiger partial charge on any atom is -0.490 e. The van der Waals surface area contributed by atoms with Crippen LogP contribution in [0.1, 0.15) is 73.9 Å². The zero-order chi connectivity index (χ0) is 31.3. The predicted octanol–water partition coefficient (Wildman–Crippen LogP) is 5.51. The van der Waals surface area contributed by atoms with Gasteiger partial charge in [-0.25, -0.2) is 4.21 Å². The summed E-state index contributed by atoms with van der Waals surface area (Å²) in [6, 6.07) is 11.6. The molecule has 6 rings (SSSR count). The highest BCUT2D eigenvalue weighted by molar-refractivity contribution is 7.99. The van der Waals surface area contributed by atoms with E-state index in [-0.39, 0.29) is 29.6 Å². The summed E-state index contributed by atoms with van der Waals surface area (Å²) >= 11 is 6.41. The zero-order valence-electron chi connectivity index (χ0n) is 25.6. The van der Waals surface area contributed by atoms with Gasteiger partial charge in [0.2, 0.25) is 0 Å². The van der Waals surface area contributed by atoms with Gasteiger partial charge in [0.25, 0.3) is 5.91 Å². The Morgan fingerprint density at radius 2 is 2.05 bits per heavy atom. The second-order valence-electron chi connectivity index (χ2n) is 13.6. The van der Waals surface area contributed by atoms with Gasteiger partial charge in [-0.1, -0.05) is 36.7 Å². The number of nitrogens with zero attached hydrogens (tertiary/aromatic N) is 1. The number of amides is 1. The highest BCUT2D eigenvalue weighted by Gasteiger charge is 2.48. The van der Waals surface area contributed by atoms with Crippen LogP contribution in [0, 0.1) is 17.8 Å². The molecular formula is C35H43ClN2O5S. The number of carbonyl (C=O) groups is 2. The van der Waals surface area contributed by atoms with E-state index in [1.54, 1.807) is 12.1 Å². The Labute approximate surface area is 266 Å². The van der Waals surface area contributed by atoms with Gasteiger partial charge in [0, 0.05) is 40.8 Å². The van der Waals surface area contributed by atoms with E-state index in [4.69, 9.17) is 16.3 Å². The monoisotopic (exact) mass is 638 g/mol. The normalized spacial score (nSPS) is 36.1. The molecule has 1 spiro atoms. The number of hydrogen-bond donors (Lipinski definition) is 2. The van der Waals surface area contributed by atoms with Gasteiger partial charge in [0.15, 0.2) is 0 Å². The fourth-order valence-corrected chi connectivity index (χ4v) is 9.50. The van der Waals surface area contributed by atoms with Gasteiger partial charge in [0.05, 0.1) is 27.6 Å². The molecule has 2 bridgehead atoms. The van der Waals surface area contributed by atoms with Gasteiger partial charge in [-0.2, -0.15) is 0 Å². The van der Waals surface area contributed by atoms with Crippen molar-refractivity contribution in [3.63, 3.8) is 0 Å². The lowest BCUT2D eigenvalue weighted by Crippen LogP contribution is -2.52. The molecule has 7 nitrogen and oxygen atoms in total. The number of nitrogens with one attached hydrogen (secondary N) is 1. The summed E-state index contributed by atoms with van der Waals surface area (Å²) in [6.45, 7) is 5.60. The number of aliphatic hydroxyl groups is 1. The first-order valence-corrected chi connectivity index (χ1v) is 17.9. The van der Waals surface area contributed by atoms with E-state index in [9.17, 15) is 18.9 Å². The molecule has 2 aromatic rings. The van der Waals surface area contributed by atoms with Crippen molar-refractivity contribution in [2.24, 2.45) is 17.8 Å². The Morgan fingerprint density at radius 1 is 1.23 bits per heavy atom. The van der Waals surface area contributed by atoms with Crippen molar-refractivity contribution in [1.29, 1.82) is 0 Å². The molecule has 2 aliphatic heterocycles. The quantitative estimate of drug-likeness (QED) is 0.256. The van der Waals surface area contributed by atoms with Gasteiger partial charge in [-0.15, -0.1) is 0 Å². The summed E-state index contributed by atoms with van der Waals surface area (Å²) in [5.74, 6) is 4.17. The van der Waals surface area contributed by atoms with Crippen LogP contribution in [0.4, 0.5) is 5.69 Å². The summed E-state index contributed by atoms with van der Waals surface area (Å²) in [4.78, 5) is 27.7. The number of benzene rings is 2. The number of ether oxygens (including phenoxy) is 1. The fraction of sp³-hybridized carbons (Fsp3) is 0.514. The van der Waals surface area contributed by atoms with E-state index < -0.39 is 26.5 Å². The second kappa shape index (κ2) is 11.8. The lowest BCUT2D eigenvalue weighted by molar-refractivity contribution is -0.115. The number of allylic oxidation sites excluding steroid dienone is 1. The van der Waals surface area contributed by atoms with Crippen LogP contribution >= 0.6 is 11.6 Å². The molecule has 0 radical (unpaired) electrons. The Hall–Kier alpha value is -2.81. The topological polar surface area (TPSA) is 95.9 Å². The molecule has 236 valence electrons. The van der Waals surface area contributed by atoms with Crippen molar-refractivity contribution in [3.05, 3.63) is 70.3 Å². The van der Waals surface area contributed by atoms with Crippen LogP contribution in [-0.2, 0) is 26.3 Å². The van der Waals surface area contributed by atoms with E-state index in [2.05, 4.69) is 27.6 Å². The van der Waals surface area contributed by atoms with Crippen LogP contribution in [0.2, 0.25) is 5.02 Å². The lowest BCUT2D eigenvalue weighted by atomic mass is 9.63.